The molecule has 1 unspecified atom stereocenters. The van der Waals surface area contributed by atoms with Crippen molar-refractivity contribution in [1.82, 2.24) is 0 Å². The fourth-order valence-corrected chi connectivity index (χ4v) is 3.05. The standard InChI is InChI=1S/C23H27ClO4/c1-7-27-21(25)15(3)19-13-17(23(4,5)6)11-14(2)20(19)28-22(26)16-9-8-10-18(24)12-16/h8-13,15H,7H2,1-6H3. The molecule has 0 aliphatic carbocycles. The highest BCUT2D eigenvalue weighted by Crippen LogP contribution is 2.36. The Bertz CT molecular complexity index is 881. The zero-order valence-corrected chi connectivity index (χ0v) is 18.0. The maximum atomic E-state index is 12.7. The Hall–Kier alpha value is -2.33. The SMILES string of the molecule is CCOC(=O)C(C)c1cc(C(C)(C)C)cc(C)c1OC(=O)c1cccc(Cl)c1. The normalized spacial score (nSPS) is 12.4. The van der Waals surface area contributed by atoms with Crippen LogP contribution in [0.4, 0.5) is 0 Å². The van der Waals surface area contributed by atoms with E-state index in [1.54, 1.807) is 38.1 Å². The lowest BCUT2D eigenvalue weighted by Gasteiger charge is -2.24. The number of ether oxygens (including phenoxy) is 2. The minimum atomic E-state index is -0.567. The van der Waals surface area contributed by atoms with E-state index in [9.17, 15) is 9.59 Å². The number of rotatable bonds is 5. The average molecular weight is 403 g/mol. The lowest BCUT2D eigenvalue weighted by molar-refractivity contribution is -0.144. The number of benzene rings is 2. The molecule has 0 radical (unpaired) electrons. The Balaban J connectivity index is 2.52. The van der Waals surface area contributed by atoms with Gasteiger partial charge in [-0.15, -0.1) is 0 Å². The summed E-state index contributed by atoms with van der Waals surface area (Å²) < 4.78 is 10.9. The van der Waals surface area contributed by atoms with Crippen LogP contribution < -0.4 is 4.74 Å². The van der Waals surface area contributed by atoms with E-state index in [0.29, 0.717) is 28.5 Å². The van der Waals surface area contributed by atoms with Gasteiger partial charge in [-0.3, -0.25) is 4.79 Å². The van der Waals surface area contributed by atoms with Crippen LogP contribution in [0.5, 0.6) is 5.75 Å². The summed E-state index contributed by atoms with van der Waals surface area (Å²) in [7, 11) is 0. The third kappa shape index (κ3) is 5.14. The van der Waals surface area contributed by atoms with Crippen LogP contribution in [0, 0.1) is 6.92 Å². The second kappa shape index (κ2) is 8.78. The molecule has 0 bridgehead atoms. The molecule has 5 heteroatoms. The van der Waals surface area contributed by atoms with Crippen LogP contribution in [0.2, 0.25) is 5.02 Å². The monoisotopic (exact) mass is 402 g/mol. The number of carbonyl (C=O) groups is 2. The van der Waals surface area contributed by atoms with Gasteiger partial charge in [0.05, 0.1) is 18.1 Å². The minimum Gasteiger partial charge on any atom is -0.466 e. The molecule has 0 spiro atoms. The summed E-state index contributed by atoms with van der Waals surface area (Å²) >= 11 is 5.98. The molecule has 150 valence electrons. The van der Waals surface area contributed by atoms with Crippen molar-refractivity contribution in [2.75, 3.05) is 6.61 Å². The first-order valence-electron chi connectivity index (χ1n) is 9.34. The summed E-state index contributed by atoms with van der Waals surface area (Å²) in [5.41, 5.74) is 2.71. The van der Waals surface area contributed by atoms with Gasteiger partial charge in [-0.05, 0) is 55.5 Å². The molecule has 0 saturated heterocycles. The fraction of sp³-hybridized carbons (Fsp3) is 0.391. The van der Waals surface area contributed by atoms with Gasteiger partial charge in [-0.2, -0.15) is 0 Å². The molecule has 0 aromatic heterocycles. The molecule has 0 aliphatic heterocycles. The van der Waals surface area contributed by atoms with Crippen molar-refractivity contribution >= 4 is 23.5 Å². The Kier molecular flexibility index (Phi) is 6.89. The van der Waals surface area contributed by atoms with Crippen LogP contribution in [-0.2, 0) is 14.9 Å². The van der Waals surface area contributed by atoms with Gasteiger partial charge in [0.25, 0.3) is 0 Å². The smallest absolute Gasteiger partial charge is 0.343 e. The van der Waals surface area contributed by atoms with Crippen molar-refractivity contribution in [1.29, 1.82) is 0 Å². The molecular weight excluding hydrogens is 376 g/mol. The highest BCUT2D eigenvalue weighted by Gasteiger charge is 2.27. The predicted molar refractivity (Wildman–Crippen MR) is 111 cm³/mol. The molecule has 0 N–H and O–H groups in total. The zero-order chi connectivity index (χ0) is 21.1. The molecule has 2 aromatic rings. The summed E-state index contributed by atoms with van der Waals surface area (Å²) in [4.78, 5) is 25.1. The van der Waals surface area contributed by atoms with Crippen molar-refractivity contribution in [3.05, 3.63) is 63.7 Å². The Morgan fingerprint density at radius 2 is 1.82 bits per heavy atom. The molecule has 1 atom stereocenters. The molecule has 4 nitrogen and oxygen atoms in total. The number of aryl methyl sites for hydroxylation is 1. The van der Waals surface area contributed by atoms with Crippen LogP contribution in [0.3, 0.4) is 0 Å². The maximum absolute atomic E-state index is 12.7. The van der Waals surface area contributed by atoms with E-state index >= 15 is 0 Å². The summed E-state index contributed by atoms with van der Waals surface area (Å²) in [5.74, 6) is -1.05. The largest absolute Gasteiger partial charge is 0.466 e. The second-order valence-corrected chi connectivity index (χ2v) is 8.27. The van der Waals surface area contributed by atoms with Crippen molar-refractivity contribution in [2.45, 2.75) is 52.9 Å². The maximum Gasteiger partial charge on any atom is 0.343 e. The quantitative estimate of drug-likeness (QED) is 0.466. The van der Waals surface area contributed by atoms with E-state index in [2.05, 4.69) is 20.8 Å². The molecule has 0 aliphatic rings. The summed E-state index contributed by atoms with van der Waals surface area (Å²) in [6.07, 6.45) is 0. The van der Waals surface area contributed by atoms with Crippen LogP contribution >= 0.6 is 11.6 Å². The highest BCUT2D eigenvalue weighted by atomic mass is 35.5. The molecule has 28 heavy (non-hydrogen) atoms. The first kappa shape index (κ1) is 22.0. The van der Waals surface area contributed by atoms with Crippen molar-refractivity contribution < 1.29 is 19.1 Å². The van der Waals surface area contributed by atoms with E-state index in [1.165, 1.54) is 0 Å². The van der Waals surface area contributed by atoms with E-state index in [4.69, 9.17) is 21.1 Å². The first-order valence-corrected chi connectivity index (χ1v) is 9.71. The van der Waals surface area contributed by atoms with Crippen LogP contribution in [0.25, 0.3) is 0 Å². The Labute approximate surface area is 171 Å². The summed E-state index contributed by atoms with van der Waals surface area (Å²) in [6.45, 7) is 12.0. The van der Waals surface area contributed by atoms with Crippen LogP contribution in [0.1, 0.15) is 67.6 Å². The number of hydrogen-bond acceptors (Lipinski definition) is 4. The molecular formula is C23H27ClO4. The van der Waals surface area contributed by atoms with Crippen molar-refractivity contribution in [3.63, 3.8) is 0 Å². The topological polar surface area (TPSA) is 52.6 Å². The van der Waals surface area contributed by atoms with Gasteiger partial charge in [0.2, 0.25) is 0 Å². The molecule has 0 saturated carbocycles. The minimum absolute atomic E-state index is 0.122. The fourth-order valence-electron chi connectivity index (χ4n) is 2.86. The summed E-state index contributed by atoms with van der Waals surface area (Å²) in [6, 6.07) is 10.5. The lowest BCUT2D eigenvalue weighted by Crippen LogP contribution is -2.19. The Morgan fingerprint density at radius 3 is 2.39 bits per heavy atom. The summed E-state index contributed by atoms with van der Waals surface area (Å²) in [5, 5.41) is 0.453. The van der Waals surface area contributed by atoms with Gasteiger partial charge in [-0.25, -0.2) is 4.79 Å². The van der Waals surface area contributed by atoms with Crippen LogP contribution in [0.15, 0.2) is 36.4 Å². The molecule has 0 amide bonds. The second-order valence-electron chi connectivity index (χ2n) is 7.84. The zero-order valence-electron chi connectivity index (χ0n) is 17.3. The first-order chi connectivity index (χ1) is 13.0. The van der Waals surface area contributed by atoms with Gasteiger partial charge in [0.15, 0.2) is 0 Å². The Morgan fingerprint density at radius 1 is 1.14 bits per heavy atom. The third-order valence-electron chi connectivity index (χ3n) is 4.53. The number of halogens is 1. The van der Waals surface area contributed by atoms with E-state index < -0.39 is 11.9 Å². The van der Waals surface area contributed by atoms with Crippen molar-refractivity contribution in [2.24, 2.45) is 0 Å². The average Bonchev–Trinajstić information content (AvgIpc) is 2.61. The number of carbonyl (C=O) groups excluding carboxylic acids is 2. The van der Waals surface area contributed by atoms with Gasteiger partial charge in [0, 0.05) is 10.6 Å². The van der Waals surface area contributed by atoms with Gasteiger partial charge in [0.1, 0.15) is 5.75 Å². The molecule has 2 rings (SSSR count). The van der Waals surface area contributed by atoms with E-state index in [1.807, 2.05) is 19.1 Å². The molecule has 0 heterocycles. The predicted octanol–water partition coefficient (Wildman–Crippen LogP) is 5.83. The highest BCUT2D eigenvalue weighted by molar-refractivity contribution is 6.30. The van der Waals surface area contributed by atoms with Crippen LogP contribution in [-0.4, -0.2) is 18.5 Å². The molecule has 0 fully saturated rings. The van der Waals surface area contributed by atoms with E-state index in [-0.39, 0.29) is 11.4 Å². The lowest BCUT2D eigenvalue weighted by atomic mass is 9.83. The third-order valence-corrected chi connectivity index (χ3v) is 4.77. The number of esters is 2. The van der Waals surface area contributed by atoms with Gasteiger partial charge in [-0.1, -0.05) is 50.6 Å². The molecule has 2 aromatic carbocycles. The van der Waals surface area contributed by atoms with Gasteiger partial charge < -0.3 is 9.47 Å². The van der Waals surface area contributed by atoms with Crippen molar-refractivity contribution in [3.8, 4) is 5.75 Å². The van der Waals surface area contributed by atoms with E-state index in [0.717, 1.165) is 11.1 Å². The van der Waals surface area contributed by atoms with Gasteiger partial charge >= 0.3 is 11.9 Å². The number of hydrogen-bond donors (Lipinski definition) is 0.